The summed E-state index contributed by atoms with van der Waals surface area (Å²) in [4.78, 5) is 6.80. The maximum Gasteiger partial charge on any atom is 0.0931 e. The van der Waals surface area contributed by atoms with Crippen molar-refractivity contribution in [1.29, 1.82) is 0 Å². The van der Waals surface area contributed by atoms with Crippen LogP contribution in [0.4, 0.5) is 0 Å². The number of rotatable bonds is 1. The highest BCUT2D eigenvalue weighted by Crippen LogP contribution is 1.59. The molecule has 0 aliphatic carbocycles. The predicted octanol–water partition coefficient (Wildman–Crippen LogP) is -0.214. The quantitative estimate of drug-likeness (QED) is 0.545. The number of H-pyrrole nitrogens is 1. The standard InChI is InChI=1S/C7H8N2/c1-3-4-7-6(2)8-5-9-7/h3-5H,1-2H2,(H,8,9)/b7-4+. The zero-order chi connectivity index (χ0) is 6.69. The van der Waals surface area contributed by atoms with E-state index in [1.54, 1.807) is 12.4 Å². The molecule has 0 aliphatic heterocycles. The molecule has 0 aliphatic rings. The van der Waals surface area contributed by atoms with Gasteiger partial charge in [-0.05, 0) is 6.08 Å². The van der Waals surface area contributed by atoms with Gasteiger partial charge in [-0.25, -0.2) is 4.98 Å². The van der Waals surface area contributed by atoms with Gasteiger partial charge in [0.15, 0.2) is 0 Å². The van der Waals surface area contributed by atoms with E-state index >= 15 is 0 Å². The van der Waals surface area contributed by atoms with Crippen LogP contribution >= 0.6 is 0 Å². The number of hydrogen-bond acceptors (Lipinski definition) is 1. The molecule has 2 nitrogen and oxygen atoms in total. The van der Waals surface area contributed by atoms with Crippen LogP contribution in [0.2, 0.25) is 0 Å². The minimum Gasteiger partial charge on any atom is -0.345 e. The molecule has 0 saturated carbocycles. The lowest BCUT2D eigenvalue weighted by atomic mass is 10.5. The second-order valence-electron chi connectivity index (χ2n) is 1.67. The molecule has 0 fully saturated rings. The van der Waals surface area contributed by atoms with Gasteiger partial charge < -0.3 is 4.98 Å². The molecule has 0 amide bonds. The van der Waals surface area contributed by atoms with Gasteiger partial charge in [-0.3, -0.25) is 0 Å². The van der Waals surface area contributed by atoms with E-state index in [0.717, 1.165) is 10.7 Å². The van der Waals surface area contributed by atoms with Crippen LogP contribution < -0.4 is 10.7 Å². The van der Waals surface area contributed by atoms with E-state index in [9.17, 15) is 0 Å². The van der Waals surface area contributed by atoms with Crippen molar-refractivity contribution >= 4 is 12.7 Å². The molecule has 1 rings (SSSR count). The number of hydrogen-bond donors (Lipinski definition) is 1. The van der Waals surface area contributed by atoms with Gasteiger partial charge in [0.1, 0.15) is 0 Å². The predicted molar refractivity (Wildman–Crippen MR) is 38.0 cm³/mol. The average Bonchev–Trinajstić information content (AvgIpc) is 2.18. The van der Waals surface area contributed by atoms with Gasteiger partial charge in [-0.2, -0.15) is 0 Å². The highest BCUT2D eigenvalue weighted by atomic mass is 14.8. The third kappa shape index (κ3) is 1.08. The Morgan fingerprint density at radius 3 is 2.89 bits per heavy atom. The van der Waals surface area contributed by atoms with Crippen LogP contribution in [-0.4, -0.2) is 9.97 Å². The minimum atomic E-state index is 0.759. The summed E-state index contributed by atoms with van der Waals surface area (Å²) in [7, 11) is 0. The van der Waals surface area contributed by atoms with Gasteiger partial charge in [0, 0.05) is 0 Å². The molecule has 0 atom stereocenters. The summed E-state index contributed by atoms with van der Waals surface area (Å²) in [5.74, 6) is 0. The first-order valence-corrected chi connectivity index (χ1v) is 2.65. The lowest BCUT2D eigenvalue weighted by Gasteiger charge is -1.69. The zero-order valence-electron chi connectivity index (χ0n) is 5.09. The summed E-state index contributed by atoms with van der Waals surface area (Å²) < 4.78 is 0. The first-order chi connectivity index (χ1) is 4.34. The van der Waals surface area contributed by atoms with Crippen molar-refractivity contribution in [2.75, 3.05) is 0 Å². The number of aromatic nitrogens is 2. The third-order valence-corrected chi connectivity index (χ3v) is 1.04. The first-order valence-electron chi connectivity index (χ1n) is 2.65. The molecule has 2 heteroatoms. The molecule has 1 N–H and O–H groups in total. The topological polar surface area (TPSA) is 28.7 Å². The normalized spacial score (nSPS) is 11.8. The fourth-order valence-corrected chi connectivity index (χ4v) is 0.595. The molecule has 0 spiro atoms. The van der Waals surface area contributed by atoms with Crippen LogP contribution in [0.25, 0.3) is 12.7 Å². The number of nitrogens with zero attached hydrogens (tertiary/aromatic N) is 1. The molecule has 1 heterocycles. The molecule has 0 radical (unpaired) electrons. The van der Waals surface area contributed by atoms with Crippen molar-refractivity contribution < 1.29 is 0 Å². The van der Waals surface area contributed by atoms with Crippen LogP contribution in [0, 0.1) is 0 Å². The third-order valence-electron chi connectivity index (χ3n) is 1.04. The highest BCUT2D eigenvalue weighted by molar-refractivity contribution is 5.31. The molecular weight excluding hydrogens is 112 g/mol. The van der Waals surface area contributed by atoms with Crippen molar-refractivity contribution in [3.63, 3.8) is 0 Å². The molecule has 0 unspecified atom stereocenters. The number of aromatic amines is 1. The summed E-state index contributed by atoms with van der Waals surface area (Å²) in [5.41, 5.74) is 0. The molecule has 1 aromatic heterocycles. The Bertz CT molecular complexity index is 295. The van der Waals surface area contributed by atoms with Crippen molar-refractivity contribution in [2.45, 2.75) is 0 Å². The maximum atomic E-state index is 3.89. The van der Waals surface area contributed by atoms with E-state index in [0.29, 0.717) is 0 Å². The summed E-state index contributed by atoms with van der Waals surface area (Å²) >= 11 is 0. The SMILES string of the molecule is C=C/C=c1/[nH]cnc1=C. The van der Waals surface area contributed by atoms with Crippen molar-refractivity contribution in [3.05, 3.63) is 29.7 Å². The van der Waals surface area contributed by atoms with Gasteiger partial charge in [-0.15, -0.1) is 0 Å². The zero-order valence-corrected chi connectivity index (χ0v) is 5.09. The van der Waals surface area contributed by atoms with E-state index in [4.69, 9.17) is 0 Å². The van der Waals surface area contributed by atoms with Crippen molar-refractivity contribution in [1.82, 2.24) is 9.97 Å². The smallest absolute Gasteiger partial charge is 0.0931 e. The Balaban J connectivity index is 3.39. The Kier molecular flexibility index (Phi) is 1.49. The van der Waals surface area contributed by atoms with Crippen LogP contribution in [0.1, 0.15) is 0 Å². The Labute approximate surface area is 53.3 Å². The van der Waals surface area contributed by atoms with E-state index in [1.807, 2.05) is 6.08 Å². The Hall–Kier alpha value is -1.31. The molecule has 0 saturated heterocycles. The van der Waals surface area contributed by atoms with Gasteiger partial charge >= 0.3 is 0 Å². The lowest BCUT2D eigenvalue weighted by molar-refractivity contribution is 1.29. The van der Waals surface area contributed by atoms with Crippen LogP contribution in [-0.2, 0) is 0 Å². The largest absolute Gasteiger partial charge is 0.345 e. The molecule has 9 heavy (non-hydrogen) atoms. The van der Waals surface area contributed by atoms with E-state index < -0.39 is 0 Å². The molecule has 1 aromatic rings. The van der Waals surface area contributed by atoms with Gasteiger partial charge in [0.25, 0.3) is 0 Å². The van der Waals surface area contributed by atoms with E-state index in [1.165, 1.54) is 0 Å². The first kappa shape index (κ1) is 5.82. The van der Waals surface area contributed by atoms with Crippen LogP contribution in [0.3, 0.4) is 0 Å². The lowest BCUT2D eigenvalue weighted by Crippen LogP contribution is -2.21. The second kappa shape index (κ2) is 2.31. The van der Waals surface area contributed by atoms with Crippen LogP contribution in [0.5, 0.6) is 0 Å². The van der Waals surface area contributed by atoms with Gasteiger partial charge in [-0.1, -0.05) is 19.2 Å². The monoisotopic (exact) mass is 120 g/mol. The minimum absolute atomic E-state index is 0.759. The van der Waals surface area contributed by atoms with Gasteiger partial charge in [0.2, 0.25) is 0 Å². The fraction of sp³-hybridized carbons (Fsp3) is 0. The molecule has 0 aromatic carbocycles. The number of nitrogens with one attached hydrogen (secondary N) is 1. The number of allylic oxidation sites excluding steroid dienone is 1. The highest BCUT2D eigenvalue weighted by Gasteiger charge is 1.77. The van der Waals surface area contributed by atoms with Crippen molar-refractivity contribution in [3.8, 4) is 0 Å². The summed E-state index contributed by atoms with van der Waals surface area (Å²) in [6, 6.07) is 0. The summed E-state index contributed by atoms with van der Waals surface area (Å²) in [5, 5.41) is 1.68. The van der Waals surface area contributed by atoms with E-state index in [2.05, 4.69) is 23.1 Å². The molecule has 46 valence electrons. The maximum absolute atomic E-state index is 3.89. The van der Waals surface area contributed by atoms with Gasteiger partial charge in [0.05, 0.1) is 17.0 Å². The van der Waals surface area contributed by atoms with E-state index in [-0.39, 0.29) is 0 Å². The molecular formula is C7H8N2. The fourth-order valence-electron chi connectivity index (χ4n) is 0.595. The average molecular weight is 120 g/mol. The van der Waals surface area contributed by atoms with Crippen LogP contribution in [0.15, 0.2) is 19.0 Å². The van der Waals surface area contributed by atoms with Crippen molar-refractivity contribution in [2.24, 2.45) is 0 Å². The number of imidazole rings is 1. The molecule has 0 bridgehead atoms. The Morgan fingerprint density at radius 2 is 2.44 bits per heavy atom. The Morgan fingerprint density at radius 1 is 1.67 bits per heavy atom. The summed E-state index contributed by atoms with van der Waals surface area (Å²) in [6.45, 7) is 7.22. The second-order valence-corrected chi connectivity index (χ2v) is 1.67. The summed E-state index contributed by atoms with van der Waals surface area (Å²) in [6.07, 6.45) is 5.13.